The van der Waals surface area contributed by atoms with E-state index in [1.807, 2.05) is 24.3 Å². The molecule has 1 unspecified atom stereocenters. The molecule has 1 amide bonds. The van der Waals surface area contributed by atoms with Crippen LogP contribution < -0.4 is 11.2 Å². The molecule has 0 fully saturated rings. The summed E-state index contributed by atoms with van der Waals surface area (Å²) in [5.74, 6) is -0.284. The number of amides is 1. The van der Waals surface area contributed by atoms with Crippen LogP contribution in [0.15, 0.2) is 63.4 Å². The number of benzene rings is 2. The standard InChI is InChI=1S/C16H13N3OS/c17-15-14(16(20)19-18-15)13-9-5-1-3-7-11(9)21-12-8-4-2-6-10(12)13/h1-8,13-14H,(H2,17,18)(H,19,20). The topological polar surface area (TPSA) is 67.5 Å². The van der Waals surface area contributed by atoms with E-state index in [1.54, 1.807) is 11.8 Å². The lowest BCUT2D eigenvalue weighted by atomic mass is 9.79. The van der Waals surface area contributed by atoms with Crippen LogP contribution in [0.1, 0.15) is 17.0 Å². The summed E-state index contributed by atoms with van der Waals surface area (Å²) in [5, 5.41) is 3.91. The summed E-state index contributed by atoms with van der Waals surface area (Å²) >= 11 is 1.74. The third kappa shape index (κ3) is 1.85. The Labute approximate surface area is 126 Å². The van der Waals surface area contributed by atoms with Gasteiger partial charge in [-0.05, 0) is 23.3 Å². The number of fused-ring (bicyclic) bond motifs is 2. The molecule has 0 spiro atoms. The summed E-state index contributed by atoms with van der Waals surface area (Å²) in [4.78, 5) is 14.5. The Morgan fingerprint density at radius 3 is 2.05 bits per heavy atom. The molecule has 2 aliphatic rings. The molecule has 0 radical (unpaired) electrons. The van der Waals surface area contributed by atoms with E-state index in [-0.39, 0.29) is 11.8 Å². The van der Waals surface area contributed by atoms with Crippen molar-refractivity contribution in [2.75, 3.05) is 0 Å². The van der Waals surface area contributed by atoms with E-state index in [2.05, 4.69) is 34.8 Å². The first-order valence-corrected chi connectivity index (χ1v) is 7.56. The third-order valence-electron chi connectivity index (χ3n) is 3.96. The van der Waals surface area contributed by atoms with Gasteiger partial charge in [-0.25, -0.2) is 5.43 Å². The molecule has 2 heterocycles. The lowest BCUT2D eigenvalue weighted by Gasteiger charge is -2.30. The van der Waals surface area contributed by atoms with Crippen molar-refractivity contribution in [2.24, 2.45) is 16.8 Å². The quantitative estimate of drug-likeness (QED) is 0.848. The molecule has 0 bridgehead atoms. The number of hydrogen-bond donors (Lipinski definition) is 2. The SMILES string of the molecule is NC1=NNC(=O)C1C1c2ccccc2Sc2ccccc21. The molecule has 21 heavy (non-hydrogen) atoms. The fourth-order valence-electron chi connectivity index (χ4n) is 3.02. The Morgan fingerprint density at radius 2 is 1.52 bits per heavy atom. The minimum absolute atomic E-state index is 0.0788. The average Bonchev–Trinajstić information content (AvgIpc) is 2.84. The van der Waals surface area contributed by atoms with E-state index in [1.165, 1.54) is 9.79 Å². The first-order valence-electron chi connectivity index (χ1n) is 6.74. The Hall–Kier alpha value is -2.27. The van der Waals surface area contributed by atoms with Gasteiger partial charge in [0.2, 0.25) is 0 Å². The minimum Gasteiger partial charge on any atom is -0.385 e. The lowest BCUT2D eigenvalue weighted by molar-refractivity contribution is -0.122. The van der Waals surface area contributed by atoms with E-state index >= 15 is 0 Å². The molecule has 1 atom stereocenters. The van der Waals surface area contributed by atoms with E-state index in [4.69, 9.17) is 5.73 Å². The van der Waals surface area contributed by atoms with E-state index in [9.17, 15) is 4.79 Å². The maximum atomic E-state index is 12.2. The summed E-state index contributed by atoms with van der Waals surface area (Å²) < 4.78 is 0. The van der Waals surface area contributed by atoms with Crippen molar-refractivity contribution in [1.29, 1.82) is 0 Å². The molecular formula is C16H13N3OS. The van der Waals surface area contributed by atoms with Crippen molar-refractivity contribution in [3.63, 3.8) is 0 Å². The number of nitrogens with zero attached hydrogens (tertiary/aromatic N) is 1. The molecule has 2 aromatic rings. The number of hydrazone groups is 1. The van der Waals surface area contributed by atoms with Gasteiger partial charge < -0.3 is 5.73 Å². The van der Waals surface area contributed by atoms with Crippen LogP contribution in [-0.2, 0) is 4.79 Å². The third-order valence-corrected chi connectivity index (χ3v) is 5.14. The summed E-state index contributed by atoms with van der Waals surface area (Å²) in [7, 11) is 0. The molecule has 104 valence electrons. The maximum Gasteiger partial charge on any atom is 0.251 e. The molecule has 4 nitrogen and oxygen atoms in total. The van der Waals surface area contributed by atoms with Crippen LogP contribution in [0.4, 0.5) is 0 Å². The molecule has 3 N–H and O–H groups in total. The van der Waals surface area contributed by atoms with Crippen LogP contribution in [0.3, 0.4) is 0 Å². The monoisotopic (exact) mass is 295 g/mol. The second kappa shape index (κ2) is 4.63. The fraction of sp³-hybridized carbons (Fsp3) is 0.125. The van der Waals surface area contributed by atoms with Crippen LogP contribution in [0.2, 0.25) is 0 Å². The highest BCUT2D eigenvalue weighted by atomic mass is 32.2. The highest BCUT2D eigenvalue weighted by Gasteiger charge is 2.41. The van der Waals surface area contributed by atoms with Gasteiger partial charge in [0.1, 0.15) is 11.8 Å². The van der Waals surface area contributed by atoms with Crippen LogP contribution >= 0.6 is 11.8 Å². The van der Waals surface area contributed by atoms with E-state index < -0.39 is 5.92 Å². The van der Waals surface area contributed by atoms with Gasteiger partial charge in [-0.15, -0.1) is 0 Å². The molecule has 5 heteroatoms. The van der Waals surface area contributed by atoms with Crippen molar-refractivity contribution in [1.82, 2.24) is 5.43 Å². The van der Waals surface area contributed by atoms with Crippen molar-refractivity contribution in [2.45, 2.75) is 15.7 Å². The van der Waals surface area contributed by atoms with Crippen molar-refractivity contribution < 1.29 is 4.79 Å². The Kier molecular flexibility index (Phi) is 2.75. The zero-order valence-corrected chi connectivity index (χ0v) is 11.9. The van der Waals surface area contributed by atoms with Gasteiger partial charge in [0.25, 0.3) is 5.91 Å². The van der Waals surface area contributed by atoms with Crippen molar-refractivity contribution >= 4 is 23.5 Å². The number of carbonyl (C=O) groups is 1. The predicted octanol–water partition coefficient (Wildman–Crippen LogP) is 2.30. The van der Waals surface area contributed by atoms with E-state index in [0.29, 0.717) is 5.84 Å². The number of rotatable bonds is 1. The molecular weight excluding hydrogens is 282 g/mol. The number of nitrogens with one attached hydrogen (secondary N) is 1. The zero-order chi connectivity index (χ0) is 14.4. The summed E-state index contributed by atoms with van der Waals surface area (Å²) in [6.07, 6.45) is 0. The Morgan fingerprint density at radius 1 is 0.952 bits per heavy atom. The molecule has 4 rings (SSSR count). The maximum absolute atomic E-state index is 12.2. The molecule has 0 aliphatic carbocycles. The Bertz CT molecular complexity index is 726. The number of amidine groups is 1. The second-order valence-electron chi connectivity index (χ2n) is 5.15. The first kappa shape index (κ1) is 12.5. The summed E-state index contributed by atoms with van der Waals surface area (Å²) in [5.41, 5.74) is 10.8. The highest BCUT2D eigenvalue weighted by Crippen LogP contribution is 2.48. The number of nitrogens with two attached hydrogens (primary N) is 1. The van der Waals surface area contributed by atoms with Gasteiger partial charge in [0.15, 0.2) is 0 Å². The van der Waals surface area contributed by atoms with E-state index in [0.717, 1.165) is 11.1 Å². The normalized spacial score (nSPS) is 20.5. The van der Waals surface area contributed by atoms with Crippen molar-refractivity contribution in [3.8, 4) is 0 Å². The average molecular weight is 295 g/mol. The highest BCUT2D eigenvalue weighted by molar-refractivity contribution is 7.99. The molecule has 0 saturated carbocycles. The lowest BCUT2D eigenvalue weighted by Crippen LogP contribution is -2.34. The molecule has 2 aliphatic heterocycles. The molecule has 2 aromatic carbocycles. The molecule has 0 aromatic heterocycles. The van der Waals surface area contributed by atoms with Crippen LogP contribution in [-0.4, -0.2) is 11.7 Å². The fourth-order valence-corrected chi connectivity index (χ4v) is 4.18. The second-order valence-corrected chi connectivity index (χ2v) is 6.23. The van der Waals surface area contributed by atoms with Gasteiger partial charge in [0, 0.05) is 15.7 Å². The van der Waals surface area contributed by atoms with Crippen LogP contribution in [0.25, 0.3) is 0 Å². The first-order chi connectivity index (χ1) is 10.3. The van der Waals surface area contributed by atoms with Crippen LogP contribution in [0.5, 0.6) is 0 Å². The smallest absolute Gasteiger partial charge is 0.251 e. The van der Waals surface area contributed by atoms with Gasteiger partial charge in [-0.1, -0.05) is 48.2 Å². The van der Waals surface area contributed by atoms with Gasteiger partial charge in [-0.3, -0.25) is 4.79 Å². The zero-order valence-electron chi connectivity index (χ0n) is 11.1. The Balaban J connectivity index is 1.94. The van der Waals surface area contributed by atoms with Gasteiger partial charge in [-0.2, -0.15) is 5.10 Å². The summed E-state index contributed by atoms with van der Waals surface area (Å²) in [6.45, 7) is 0. The minimum atomic E-state index is -0.437. The van der Waals surface area contributed by atoms with Crippen molar-refractivity contribution in [3.05, 3.63) is 59.7 Å². The summed E-state index contributed by atoms with van der Waals surface area (Å²) in [6, 6.07) is 16.4. The largest absolute Gasteiger partial charge is 0.385 e. The number of carbonyl (C=O) groups excluding carboxylic acids is 1. The molecule has 0 saturated heterocycles. The van der Waals surface area contributed by atoms with Gasteiger partial charge in [0.05, 0.1) is 0 Å². The van der Waals surface area contributed by atoms with Gasteiger partial charge >= 0.3 is 0 Å². The number of hydrogen-bond acceptors (Lipinski definition) is 4. The predicted molar refractivity (Wildman–Crippen MR) is 82.1 cm³/mol. The van der Waals surface area contributed by atoms with Crippen LogP contribution in [0, 0.1) is 5.92 Å².